The van der Waals surface area contributed by atoms with Crippen LogP contribution in [-0.4, -0.2) is 26.1 Å². The lowest BCUT2D eigenvalue weighted by molar-refractivity contribution is 0.274. The number of hydrogen-bond acceptors (Lipinski definition) is 4. The van der Waals surface area contributed by atoms with Crippen molar-refractivity contribution in [1.29, 1.82) is 0 Å². The van der Waals surface area contributed by atoms with Crippen LogP contribution < -0.4 is 5.32 Å². The molecule has 0 fully saturated rings. The van der Waals surface area contributed by atoms with E-state index in [1.165, 1.54) is 0 Å². The minimum absolute atomic E-state index is 0.279. The Morgan fingerprint density at radius 2 is 2.06 bits per heavy atom. The fraction of sp³-hybridized carbons (Fsp3) is 0.615. The average molecular weight is 247 g/mol. The van der Waals surface area contributed by atoms with Gasteiger partial charge in [0.05, 0.1) is 0 Å². The summed E-state index contributed by atoms with van der Waals surface area (Å²) in [6, 6.07) is 0. The second-order valence-electron chi connectivity index (χ2n) is 5.86. The Morgan fingerprint density at radius 3 is 2.72 bits per heavy atom. The van der Waals surface area contributed by atoms with E-state index in [0.29, 0.717) is 5.92 Å². The highest BCUT2D eigenvalue weighted by Gasteiger charge is 2.20. The molecule has 5 heteroatoms. The number of anilines is 1. The highest BCUT2D eigenvalue weighted by atomic mass is 15.3. The lowest BCUT2D eigenvalue weighted by Gasteiger charge is -2.27. The Morgan fingerprint density at radius 1 is 1.33 bits per heavy atom. The summed E-state index contributed by atoms with van der Waals surface area (Å²) in [6.45, 7) is 11.8. The summed E-state index contributed by atoms with van der Waals surface area (Å²) in [6.07, 6.45) is 3.65. The molecule has 0 aliphatic heterocycles. The normalized spacial score (nSPS) is 13.8. The molecule has 0 bridgehead atoms. The molecule has 98 valence electrons. The SMILES string of the molecule is Cc1nnc2c(NCC(C)C(C)(C)C)nccn12. The third kappa shape index (κ3) is 2.44. The molecule has 2 aromatic rings. The zero-order chi connectivity index (χ0) is 13.3. The maximum absolute atomic E-state index is 4.34. The van der Waals surface area contributed by atoms with Crippen molar-refractivity contribution in [2.45, 2.75) is 34.6 Å². The van der Waals surface area contributed by atoms with E-state index in [4.69, 9.17) is 0 Å². The predicted octanol–water partition coefficient (Wildman–Crippen LogP) is 2.53. The third-order valence-electron chi connectivity index (χ3n) is 3.55. The first-order chi connectivity index (χ1) is 8.39. The molecule has 0 radical (unpaired) electrons. The van der Waals surface area contributed by atoms with E-state index in [0.717, 1.165) is 23.8 Å². The smallest absolute Gasteiger partial charge is 0.203 e. The quantitative estimate of drug-likeness (QED) is 0.905. The van der Waals surface area contributed by atoms with Gasteiger partial charge in [0.25, 0.3) is 0 Å². The minimum Gasteiger partial charge on any atom is -0.367 e. The summed E-state index contributed by atoms with van der Waals surface area (Å²) in [5.41, 5.74) is 1.07. The first-order valence-corrected chi connectivity index (χ1v) is 6.30. The number of nitrogens with zero attached hydrogens (tertiary/aromatic N) is 4. The van der Waals surface area contributed by atoms with Crippen LogP contribution in [0.1, 0.15) is 33.5 Å². The maximum atomic E-state index is 4.34. The van der Waals surface area contributed by atoms with E-state index in [1.54, 1.807) is 6.20 Å². The van der Waals surface area contributed by atoms with Crippen LogP contribution in [0.3, 0.4) is 0 Å². The van der Waals surface area contributed by atoms with Gasteiger partial charge in [-0.05, 0) is 18.3 Å². The Bertz CT molecular complexity index is 538. The van der Waals surface area contributed by atoms with Crippen LogP contribution in [0.15, 0.2) is 12.4 Å². The largest absolute Gasteiger partial charge is 0.367 e. The van der Waals surface area contributed by atoms with Gasteiger partial charge >= 0.3 is 0 Å². The summed E-state index contributed by atoms with van der Waals surface area (Å²) in [5, 5.41) is 11.6. The summed E-state index contributed by atoms with van der Waals surface area (Å²) in [5.74, 6) is 2.22. The molecule has 0 aromatic carbocycles. The van der Waals surface area contributed by atoms with Crippen molar-refractivity contribution < 1.29 is 0 Å². The molecule has 1 atom stereocenters. The zero-order valence-electron chi connectivity index (χ0n) is 11.7. The van der Waals surface area contributed by atoms with Gasteiger partial charge in [-0.2, -0.15) is 0 Å². The zero-order valence-corrected chi connectivity index (χ0v) is 11.7. The van der Waals surface area contributed by atoms with Crippen molar-refractivity contribution in [3.8, 4) is 0 Å². The van der Waals surface area contributed by atoms with Gasteiger partial charge in [-0.15, -0.1) is 10.2 Å². The Kier molecular flexibility index (Phi) is 3.24. The Hall–Kier alpha value is -1.65. The Labute approximate surface area is 108 Å². The number of fused-ring (bicyclic) bond motifs is 1. The van der Waals surface area contributed by atoms with Gasteiger partial charge in [-0.1, -0.05) is 27.7 Å². The first-order valence-electron chi connectivity index (χ1n) is 6.30. The second-order valence-corrected chi connectivity index (χ2v) is 5.86. The van der Waals surface area contributed by atoms with Gasteiger partial charge in [0.2, 0.25) is 5.65 Å². The van der Waals surface area contributed by atoms with Crippen LogP contribution in [0.5, 0.6) is 0 Å². The van der Waals surface area contributed by atoms with Gasteiger partial charge in [-0.25, -0.2) is 4.98 Å². The topological polar surface area (TPSA) is 55.1 Å². The third-order valence-corrected chi connectivity index (χ3v) is 3.55. The fourth-order valence-electron chi connectivity index (χ4n) is 1.62. The standard InChI is InChI=1S/C13H21N5/c1-9(13(3,4)5)8-15-11-12-17-16-10(2)18(12)7-6-14-11/h6-7,9H,8H2,1-5H3,(H,14,15). The molecule has 0 amide bonds. The van der Waals surface area contributed by atoms with Crippen molar-refractivity contribution in [2.24, 2.45) is 11.3 Å². The number of aromatic nitrogens is 4. The highest BCUT2D eigenvalue weighted by molar-refractivity contribution is 5.61. The lowest BCUT2D eigenvalue weighted by atomic mass is 9.82. The van der Waals surface area contributed by atoms with Crippen LogP contribution in [0, 0.1) is 18.3 Å². The molecule has 0 saturated carbocycles. The van der Waals surface area contributed by atoms with Crippen molar-refractivity contribution in [2.75, 3.05) is 11.9 Å². The van der Waals surface area contributed by atoms with Gasteiger partial charge in [0.1, 0.15) is 5.82 Å². The monoisotopic (exact) mass is 247 g/mol. The number of nitrogens with one attached hydrogen (secondary N) is 1. The lowest BCUT2D eigenvalue weighted by Crippen LogP contribution is -2.25. The fourth-order valence-corrected chi connectivity index (χ4v) is 1.62. The average Bonchev–Trinajstić information content (AvgIpc) is 2.67. The van der Waals surface area contributed by atoms with Gasteiger partial charge < -0.3 is 5.32 Å². The predicted molar refractivity (Wildman–Crippen MR) is 72.6 cm³/mol. The van der Waals surface area contributed by atoms with Crippen LogP contribution >= 0.6 is 0 Å². The minimum atomic E-state index is 0.279. The van der Waals surface area contributed by atoms with Crippen LogP contribution in [0.4, 0.5) is 5.82 Å². The molecule has 0 aliphatic carbocycles. The summed E-state index contributed by atoms with van der Waals surface area (Å²) < 4.78 is 1.94. The van der Waals surface area contributed by atoms with Crippen molar-refractivity contribution in [3.63, 3.8) is 0 Å². The molecule has 2 rings (SSSR count). The van der Waals surface area contributed by atoms with E-state index in [9.17, 15) is 0 Å². The van der Waals surface area contributed by atoms with E-state index < -0.39 is 0 Å². The summed E-state index contributed by atoms with van der Waals surface area (Å²) in [4.78, 5) is 4.34. The summed E-state index contributed by atoms with van der Waals surface area (Å²) in [7, 11) is 0. The number of hydrogen-bond donors (Lipinski definition) is 1. The molecule has 18 heavy (non-hydrogen) atoms. The second kappa shape index (κ2) is 4.55. The van der Waals surface area contributed by atoms with E-state index in [-0.39, 0.29) is 5.41 Å². The molecular weight excluding hydrogens is 226 g/mol. The van der Waals surface area contributed by atoms with Crippen molar-refractivity contribution >= 4 is 11.5 Å². The van der Waals surface area contributed by atoms with Crippen molar-refractivity contribution in [3.05, 3.63) is 18.2 Å². The molecule has 2 heterocycles. The molecule has 0 saturated heterocycles. The van der Waals surface area contributed by atoms with Gasteiger partial charge in [0.15, 0.2) is 5.82 Å². The summed E-state index contributed by atoms with van der Waals surface area (Å²) >= 11 is 0. The molecule has 0 spiro atoms. The van der Waals surface area contributed by atoms with E-state index in [2.05, 4.69) is 48.2 Å². The van der Waals surface area contributed by atoms with Crippen molar-refractivity contribution in [1.82, 2.24) is 19.6 Å². The van der Waals surface area contributed by atoms with Crippen LogP contribution in [0.25, 0.3) is 5.65 Å². The number of rotatable bonds is 3. The molecule has 1 unspecified atom stereocenters. The Balaban J connectivity index is 2.18. The molecule has 1 N–H and O–H groups in total. The first kappa shape index (κ1) is 12.8. The number of aryl methyl sites for hydroxylation is 1. The maximum Gasteiger partial charge on any atom is 0.203 e. The van der Waals surface area contributed by atoms with E-state index >= 15 is 0 Å². The highest BCUT2D eigenvalue weighted by Crippen LogP contribution is 2.25. The molecular formula is C13H21N5. The van der Waals surface area contributed by atoms with Crippen LogP contribution in [0.2, 0.25) is 0 Å². The molecule has 0 aliphatic rings. The molecule has 2 aromatic heterocycles. The van der Waals surface area contributed by atoms with Gasteiger partial charge in [0, 0.05) is 18.9 Å². The van der Waals surface area contributed by atoms with Crippen LogP contribution in [-0.2, 0) is 0 Å². The van der Waals surface area contributed by atoms with E-state index in [1.807, 2.05) is 17.5 Å². The molecule has 5 nitrogen and oxygen atoms in total. The van der Waals surface area contributed by atoms with Gasteiger partial charge in [-0.3, -0.25) is 4.40 Å².